The Morgan fingerprint density at radius 1 is 1.14 bits per heavy atom. The van der Waals surface area contributed by atoms with Crippen LogP contribution in [0.3, 0.4) is 0 Å². The fourth-order valence-electron chi connectivity index (χ4n) is 3.25. The molecule has 1 atom stereocenters. The van der Waals surface area contributed by atoms with Crippen LogP contribution in [0.25, 0.3) is 16.7 Å². The molecule has 0 saturated heterocycles. The minimum absolute atomic E-state index is 0.00317. The molecule has 0 fully saturated rings. The molecule has 4 aromatic rings. The maximum Gasteiger partial charge on any atom is 0.418 e. The molecule has 11 nitrogen and oxygen atoms in total. The van der Waals surface area contributed by atoms with Crippen molar-refractivity contribution in [1.29, 1.82) is 5.26 Å². The number of carbonyl (C=O) groups excluding carboxylic acids is 1. The maximum atomic E-state index is 13.5. The quantitative estimate of drug-likeness (QED) is 0.379. The van der Waals surface area contributed by atoms with Crippen LogP contribution in [-0.2, 0) is 6.18 Å². The molecule has 178 valence electrons. The summed E-state index contributed by atoms with van der Waals surface area (Å²) in [5, 5.41) is 18.1. The summed E-state index contributed by atoms with van der Waals surface area (Å²) in [6.45, 7) is 1.49. The lowest BCUT2D eigenvalue weighted by molar-refractivity contribution is -0.136. The zero-order valence-corrected chi connectivity index (χ0v) is 18.5. The summed E-state index contributed by atoms with van der Waals surface area (Å²) in [6, 6.07) is 4.66. The number of fused-ring (bicyclic) bond motifs is 1. The van der Waals surface area contributed by atoms with Crippen molar-refractivity contribution in [3.63, 3.8) is 0 Å². The molecule has 0 saturated carbocycles. The molecule has 15 heteroatoms. The second-order valence-corrected chi connectivity index (χ2v) is 7.50. The van der Waals surface area contributed by atoms with Crippen molar-refractivity contribution in [2.24, 2.45) is 0 Å². The first-order valence-electron chi connectivity index (χ1n) is 9.84. The van der Waals surface area contributed by atoms with E-state index in [4.69, 9.17) is 16.9 Å². The molecule has 0 aliphatic carbocycles. The fourth-order valence-corrected chi connectivity index (χ4v) is 3.47. The third-order valence-electron chi connectivity index (χ3n) is 4.75. The van der Waals surface area contributed by atoms with Crippen molar-refractivity contribution in [3.8, 4) is 11.9 Å². The first-order valence-corrected chi connectivity index (χ1v) is 10.2. The minimum atomic E-state index is -4.66. The highest BCUT2D eigenvalue weighted by Gasteiger charge is 2.34. The van der Waals surface area contributed by atoms with Gasteiger partial charge in [-0.15, -0.1) is 0 Å². The Morgan fingerprint density at radius 3 is 2.66 bits per heavy atom. The highest BCUT2D eigenvalue weighted by molar-refractivity contribution is 6.31. The van der Waals surface area contributed by atoms with Crippen LogP contribution in [0.5, 0.6) is 0 Å². The number of amides is 1. The standard InChI is InChI=1S/C20H14ClF3N10O/c1-10(33-17-12-4-11(21)5-13(20(22,23)24)16(12)29-8-30-17)18-31-9-32-34(18)15-6-14(27-7-28-15)19(35)26-3-2-25/h4-10H,3H2,1H3,(H,26,35)(H,29,30,33)/t10-/m0/s1. The molecule has 0 bridgehead atoms. The Bertz CT molecular complexity index is 1450. The van der Waals surface area contributed by atoms with Crippen molar-refractivity contribution >= 4 is 34.2 Å². The largest absolute Gasteiger partial charge is 0.418 e. The molecule has 0 radical (unpaired) electrons. The average Bonchev–Trinajstić information content (AvgIpc) is 3.32. The Hall–Kier alpha value is -4.38. The van der Waals surface area contributed by atoms with Crippen LogP contribution in [0.2, 0.25) is 5.02 Å². The summed E-state index contributed by atoms with van der Waals surface area (Å²) in [7, 11) is 0. The molecule has 0 aliphatic heterocycles. The van der Waals surface area contributed by atoms with Crippen molar-refractivity contribution in [3.05, 3.63) is 59.3 Å². The number of nitrogens with zero attached hydrogens (tertiary/aromatic N) is 8. The van der Waals surface area contributed by atoms with Gasteiger partial charge < -0.3 is 10.6 Å². The first-order chi connectivity index (χ1) is 16.7. The van der Waals surface area contributed by atoms with Crippen LogP contribution in [0.15, 0.2) is 37.2 Å². The van der Waals surface area contributed by atoms with E-state index in [1.54, 1.807) is 13.0 Å². The van der Waals surface area contributed by atoms with Gasteiger partial charge in [0.15, 0.2) is 11.6 Å². The van der Waals surface area contributed by atoms with E-state index >= 15 is 0 Å². The number of halogens is 4. The number of nitriles is 1. The minimum Gasteiger partial charge on any atom is -0.360 e. The van der Waals surface area contributed by atoms with Crippen LogP contribution < -0.4 is 10.6 Å². The molecule has 4 rings (SSSR count). The van der Waals surface area contributed by atoms with Gasteiger partial charge in [0.2, 0.25) is 0 Å². The molecular formula is C20H14ClF3N10O. The first kappa shape index (κ1) is 23.8. The van der Waals surface area contributed by atoms with Gasteiger partial charge in [0.1, 0.15) is 37.0 Å². The van der Waals surface area contributed by atoms with Crippen LogP contribution >= 0.6 is 11.6 Å². The monoisotopic (exact) mass is 502 g/mol. The molecular weight excluding hydrogens is 489 g/mol. The van der Waals surface area contributed by atoms with Gasteiger partial charge in [-0.05, 0) is 19.1 Å². The second-order valence-electron chi connectivity index (χ2n) is 7.07. The van der Waals surface area contributed by atoms with Crippen LogP contribution in [0.1, 0.15) is 34.8 Å². The summed E-state index contributed by atoms with van der Waals surface area (Å²) in [4.78, 5) is 32.2. The number of nitrogens with one attached hydrogen (secondary N) is 2. The van der Waals surface area contributed by atoms with Crippen LogP contribution in [-0.4, -0.2) is 47.2 Å². The summed E-state index contributed by atoms with van der Waals surface area (Å²) in [5.41, 5.74) is -1.29. The van der Waals surface area contributed by atoms with E-state index in [-0.39, 0.29) is 39.8 Å². The van der Waals surface area contributed by atoms with E-state index in [0.29, 0.717) is 5.82 Å². The molecule has 0 aliphatic rings. The lowest BCUT2D eigenvalue weighted by atomic mass is 10.1. The second kappa shape index (κ2) is 9.47. The van der Waals surface area contributed by atoms with E-state index in [2.05, 4.69) is 40.7 Å². The number of hydrogen-bond acceptors (Lipinski definition) is 9. The van der Waals surface area contributed by atoms with Gasteiger partial charge in [-0.3, -0.25) is 4.79 Å². The highest BCUT2D eigenvalue weighted by Crippen LogP contribution is 2.38. The topological polar surface area (TPSA) is 147 Å². The Kier molecular flexibility index (Phi) is 6.43. The van der Waals surface area contributed by atoms with E-state index in [1.165, 1.54) is 23.1 Å². The molecule has 1 amide bonds. The van der Waals surface area contributed by atoms with Crippen molar-refractivity contribution < 1.29 is 18.0 Å². The number of alkyl halides is 3. The van der Waals surface area contributed by atoms with Gasteiger partial charge in [0.05, 0.1) is 23.2 Å². The van der Waals surface area contributed by atoms with Crippen LogP contribution in [0.4, 0.5) is 19.0 Å². The van der Waals surface area contributed by atoms with E-state index in [9.17, 15) is 18.0 Å². The molecule has 35 heavy (non-hydrogen) atoms. The van der Waals surface area contributed by atoms with Gasteiger partial charge in [0.25, 0.3) is 5.91 Å². The molecule has 2 N–H and O–H groups in total. The number of rotatable bonds is 6. The van der Waals surface area contributed by atoms with Gasteiger partial charge in [0, 0.05) is 16.5 Å². The molecule has 3 heterocycles. The number of carbonyl (C=O) groups is 1. The van der Waals surface area contributed by atoms with Crippen molar-refractivity contribution in [1.82, 2.24) is 40.0 Å². The van der Waals surface area contributed by atoms with Crippen molar-refractivity contribution in [2.45, 2.75) is 19.1 Å². The lowest BCUT2D eigenvalue weighted by Crippen LogP contribution is -2.25. The van der Waals surface area contributed by atoms with Gasteiger partial charge in [-0.1, -0.05) is 11.6 Å². The van der Waals surface area contributed by atoms with Crippen molar-refractivity contribution in [2.75, 3.05) is 11.9 Å². The summed E-state index contributed by atoms with van der Waals surface area (Å²) < 4.78 is 41.8. The number of benzene rings is 1. The smallest absolute Gasteiger partial charge is 0.360 e. The predicted octanol–water partition coefficient (Wildman–Crippen LogP) is 3.10. The van der Waals surface area contributed by atoms with Gasteiger partial charge >= 0.3 is 6.18 Å². The number of aromatic nitrogens is 7. The summed E-state index contributed by atoms with van der Waals surface area (Å²) in [5.74, 6) is 0.0484. The fraction of sp³-hybridized carbons (Fsp3) is 0.200. The van der Waals surface area contributed by atoms with E-state index in [1.807, 2.05) is 0 Å². The van der Waals surface area contributed by atoms with Gasteiger partial charge in [-0.2, -0.15) is 28.2 Å². The van der Waals surface area contributed by atoms with Crippen LogP contribution in [0, 0.1) is 11.3 Å². The van der Waals surface area contributed by atoms with E-state index in [0.717, 1.165) is 18.7 Å². The van der Waals surface area contributed by atoms with Gasteiger partial charge in [-0.25, -0.2) is 24.9 Å². The third-order valence-corrected chi connectivity index (χ3v) is 4.97. The molecule has 0 unspecified atom stereocenters. The number of anilines is 1. The maximum absolute atomic E-state index is 13.5. The Balaban J connectivity index is 1.68. The predicted molar refractivity (Wildman–Crippen MR) is 116 cm³/mol. The molecule has 3 aromatic heterocycles. The normalized spacial score (nSPS) is 12.2. The number of hydrogen-bond donors (Lipinski definition) is 2. The zero-order valence-electron chi connectivity index (χ0n) is 17.7. The Morgan fingerprint density at radius 2 is 1.91 bits per heavy atom. The summed E-state index contributed by atoms with van der Waals surface area (Å²) >= 11 is 5.94. The van der Waals surface area contributed by atoms with E-state index < -0.39 is 23.7 Å². The summed E-state index contributed by atoms with van der Waals surface area (Å²) in [6.07, 6.45) is -1.24. The molecule has 1 aromatic carbocycles. The average molecular weight is 503 g/mol. The molecule has 0 spiro atoms. The highest BCUT2D eigenvalue weighted by atomic mass is 35.5. The Labute approximate surface area is 200 Å². The SMILES string of the molecule is C[C@H](Nc1ncnc2c(C(F)(F)F)cc(Cl)cc12)c1ncnn1-c1cc(C(=O)NCC#N)ncn1. The zero-order chi connectivity index (χ0) is 25.2. The lowest BCUT2D eigenvalue weighted by Gasteiger charge is -2.17. The third kappa shape index (κ3) is 4.94.